The molecule has 0 bridgehead atoms. The Balaban J connectivity index is 1.73. The maximum absolute atomic E-state index is 5.94. The molecule has 2 heteroatoms. The van der Waals surface area contributed by atoms with E-state index in [1.54, 1.807) is 6.20 Å². The van der Waals surface area contributed by atoms with Crippen molar-refractivity contribution in [2.24, 2.45) is 0 Å². The molecule has 0 aliphatic carbocycles. The summed E-state index contributed by atoms with van der Waals surface area (Å²) in [4.78, 5) is 4.34. The highest BCUT2D eigenvalue weighted by Gasteiger charge is 2.03. The molecule has 0 fully saturated rings. The maximum atomic E-state index is 5.94. The number of aromatic nitrogens is 1. The summed E-state index contributed by atoms with van der Waals surface area (Å²) in [6.07, 6.45) is 2.72. The molecule has 0 aliphatic heterocycles. The van der Waals surface area contributed by atoms with Gasteiger partial charge in [-0.05, 0) is 36.2 Å². The molecule has 100 valence electrons. The van der Waals surface area contributed by atoms with Gasteiger partial charge in [-0.2, -0.15) is 0 Å². The third kappa shape index (κ3) is 2.64. The lowest BCUT2D eigenvalue weighted by Crippen LogP contribution is -2.03. The van der Waals surface area contributed by atoms with Crippen LogP contribution in [0.2, 0.25) is 0 Å². The Bertz CT molecular complexity index is 716. The lowest BCUT2D eigenvalue weighted by Gasteiger charge is -2.10. The quantitative estimate of drug-likeness (QED) is 0.705. The lowest BCUT2D eigenvalue weighted by atomic mass is 10.1. The summed E-state index contributed by atoms with van der Waals surface area (Å²) in [5.41, 5.74) is 3.63. The minimum Gasteiger partial charge on any atom is -0.492 e. The first-order valence-electron chi connectivity index (χ1n) is 6.85. The molecule has 2 nitrogen and oxygen atoms in total. The SMILES string of the molecule is Cc1ccccc1CCOc1ccnc2ccccc12. The van der Waals surface area contributed by atoms with Crippen LogP contribution < -0.4 is 4.74 Å². The largest absolute Gasteiger partial charge is 0.492 e. The van der Waals surface area contributed by atoms with Crippen LogP contribution in [0.5, 0.6) is 5.75 Å². The van der Waals surface area contributed by atoms with Gasteiger partial charge in [0.15, 0.2) is 0 Å². The van der Waals surface area contributed by atoms with Crippen LogP contribution in [0.25, 0.3) is 10.9 Å². The highest BCUT2D eigenvalue weighted by atomic mass is 16.5. The minimum absolute atomic E-state index is 0.679. The molecular formula is C18H17NO. The van der Waals surface area contributed by atoms with E-state index in [0.717, 1.165) is 23.1 Å². The number of nitrogens with zero attached hydrogens (tertiary/aromatic N) is 1. The van der Waals surface area contributed by atoms with Crippen molar-refractivity contribution in [3.05, 3.63) is 71.9 Å². The van der Waals surface area contributed by atoms with Crippen molar-refractivity contribution >= 4 is 10.9 Å². The second-order valence-corrected chi connectivity index (χ2v) is 4.85. The smallest absolute Gasteiger partial charge is 0.130 e. The Morgan fingerprint density at radius 2 is 1.75 bits per heavy atom. The first-order valence-corrected chi connectivity index (χ1v) is 6.85. The summed E-state index contributed by atoms with van der Waals surface area (Å²) >= 11 is 0. The number of hydrogen-bond acceptors (Lipinski definition) is 2. The van der Waals surface area contributed by atoms with Crippen molar-refractivity contribution in [2.45, 2.75) is 13.3 Å². The zero-order chi connectivity index (χ0) is 13.8. The number of rotatable bonds is 4. The average Bonchev–Trinajstić information content (AvgIpc) is 2.49. The highest BCUT2D eigenvalue weighted by molar-refractivity contribution is 5.84. The van der Waals surface area contributed by atoms with Crippen molar-refractivity contribution < 1.29 is 4.74 Å². The van der Waals surface area contributed by atoms with Crippen molar-refractivity contribution in [2.75, 3.05) is 6.61 Å². The van der Waals surface area contributed by atoms with E-state index >= 15 is 0 Å². The van der Waals surface area contributed by atoms with Crippen LogP contribution in [-0.4, -0.2) is 11.6 Å². The molecule has 1 aromatic heterocycles. The van der Waals surface area contributed by atoms with Gasteiger partial charge in [0.05, 0.1) is 12.1 Å². The Hall–Kier alpha value is -2.35. The number of benzene rings is 2. The molecule has 0 spiro atoms. The summed E-state index contributed by atoms with van der Waals surface area (Å²) < 4.78 is 5.94. The van der Waals surface area contributed by atoms with E-state index in [4.69, 9.17) is 4.74 Å². The monoisotopic (exact) mass is 263 g/mol. The van der Waals surface area contributed by atoms with Crippen molar-refractivity contribution in [3.63, 3.8) is 0 Å². The van der Waals surface area contributed by atoms with Gasteiger partial charge in [0, 0.05) is 18.0 Å². The molecule has 0 unspecified atom stereocenters. The molecule has 0 amide bonds. The van der Waals surface area contributed by atoms with Gasteiger partial charge in [-0.15, -0.1) is 0 Å². The molecule has 2 aromatic carbocycles. The fourth-order valence-corrected chi connectivity index (χ4v) is 2.36. The molecule has 3 rings (SSSR count). The lowest BCUT2D eigenvalue weighted by molar-refractivity contribution is 0.325. The van der Waals surface area contributed by atoms with E-state index in [1.807, 2.05) is 30.3 Å². The average molecular weight is 263 g/mol. The fraction of sp³-hybridized carbons (Fsp3) is 0.167. The second kappa shape index (κ2) is 5.74. The summed E-state index contributed by atoms with van der Waals surface area (Å²) in [6, 6.07) is 18.4. The highest BCUT2D eigenvalue weighted by Crippen LogP contribution is 2.23. The predicted octanol–water partition coefficient (Wildman–Crippen LogP) is 4.16. The molecule has 0 saturated carbocycles. The summed E-state index contributed by atoms with van der Waals surface area (Å²) in [5, 5.41) is 1.07. The minimum atomic E-state index is 0.679. The Labute approximate surface area is 119 Å². The number of hydrogen-bond donors (Lipinski definition) is 0. The van der Waals surface area contributed by atoms with Crippen LogP contribution in [0.15, 0.2) is 60.8 Å². The summed E-state index contributed by atoms with van der Waals surface area (Å²) in [6.45, 7) is 2.82. The Kier molecular flexibility index (Phi) is 3.64. The van der Waals surface area contributed by atoms with Gasteiger partial charge in [-0.1, -0.05) is 36.4 Å². The van der Waals surface area contributed by atoms with Crippen LogP contribution in [0.4, 0.5) is 0 Å². The normalized spacial score (nSPS) is 10.7. The van der Waals surface area contributed by atoms with E-state index in [9.17, 15) is 0 Å². The fourth-order valence-electron chi connectivity index (χ4n) is 2.36. The van der Waals surface area contributed by atoms with Crippen LogP contribution >= 0.6 is 0 Å². The van der Waals surface area contributed by atoms with E-state index in [1.165, 1.54) is 11.1 Å². The predicted molar refractivity (Wildman–Crippen MR) is 82.1 cm³/mol. The Morgan fingerprint density at radius 3 is 2.65 bits per heavy atom. The third-order valence-electron chi connectivity index (χ3n) is 3.50. The second-order valence-electron chi connectivity index (χ2n) is 4.85. The maximum Gasteiger partial charge on any atom is 0.130 e. The number of ether oxygens (including phenoxy) is 1. The molecule has 3 aromatic rings. The summed E-state index contributed by atoms with van der Waals surface area (Å²) in [5.74, 6) is 0.907. The third-order valence-corrected chi connectivity index (χ3v) is 3.50. The van der Waals surface area contributed by atoms with Gasteiger partial charge in [0.2, 0.25) is 0 Å². The van der Waals surface area contributed by atoms with Crippen molar-refractivity contribution in [3.8, 4) is 5.75 Å². The zero-order valence-electron chi connectivity index (χ0n) is 11.5. The van der Waals surface area contributed by atoms with Crippen LogP contribution in [0.3, 0.4) is 0 Å². The first-order chi connectivity index (χ1) is 9.84. The molecule has 0 aliphatic rings. The van der Waals surface area contributed by atoms with Crippen molar-refractivity contribution in [1.29, 1.82) is 0 Å². The van der Waals surface area contributed by atoms with Crippen LogP contribution in [0, 0.1) is 6.92 Å². The zero-order valence-corrected chi connectivity index (χ0v) is 11.5. The molecule has 0 radical (unpaired) electrons. The van der Waals surface area contributed by atoms with Gasteiger partial charge in [-0.25, -0.2) is 0 Å². The number of fused-ring (bicyclic) bond motifs is 1. The van der Waals surface area contributed by atoms with Gasteiger partial charge in [0.25, 0.3) is 0 Å². The molecule has 0 saturated heterocycles. The number of pyridine rings is 1. The van der Waals surface area contributed by atoms with E-state index in [2.05, 4.69) is 36.2 Å². The van der Waals surface area contributed by atoms with Gasteiger partial charge < -0.3 is 4.74 Å². The first kappa shape index (κ1) is 12.7. The standard InChI is InChI=1S/C18H17NO/c1-14-6-2-3-7-15(14)11-13-20-18-10-12-19-17-9-5-4-8-16(17)18/h2-10,12H,11,13H2,1H3. The molecular weight excluding hydrogens is 246 g/mol. The van der Waals surface area contributed by atoms with Crippen LogP contribution in [-0.2, 0) is 6.42 Å². The van der Waals surface area contributed by atoms with Crippen molar-refractivity contribution in [1.82, 2.24) is 4.98 Å². The molecule has 0 N–H and O–H groups in total. The van der Waals surface area contributed by atoms with Gasteiger partial charge >= 0.3 is 0 Å². The number of aryl methyl sites for hydroxylation is 1. The topological polar surface area (TPSA) is 22.1 Å². The van der Waals surface area contributed by atoms with Crippen LogP contribution in [0.1, 0.15) is 11.1 Å². The molecule has 20 heavy (non-hydrogen) atoms. The van der Waals surface area contributed by atoms with E-state index in [0.29, 0.717) is 6.61 Å². The van der Waals surface area contributed by atoms with E-state index in [-0.39, 0.29) is 0 Å². The van der Waals surface area contributed by atoms with Gasteiger partial charge in [0.1, 0.15) is 5.75 Å². The molecule has 0 atom stereocenters. The van der Waals surface area contributed by atoms with E-state index < -0.39 is 0 Å². The summed E-state index contributed by atoms with van der Waals surface area (Å²) in [7, 11) is 0. The number of para-hydroxylation sites is 1. The molecule has 1 heterocycles. The van der Waals surface area contributed by atoms with Gasteiger partial charge in [-0.3, -0.25) is 4.98 Å². The Morgan fingerprint density at radius 1 is 0.950 bits per heavy atom.